The Balaban J connectivity index is 1.32. The Bertz CT molecular complexity index is 354. The summed E-state index contributed by atoms with van der Waals surface area (Å²) in [6.45, 7) is 5.38. The van der Waals surface area contributed by atoms with Gasteiger partial charge in [0.15, 0.2) is 0 Å². The van der Waals surface area contributed by atoms with Crippen LogP contribution in [0.1, 0.15) is 117 Å². The van der Waals surface area contributed by atoms with Crippen LogP contribution >= 0.6 is 0 Å². The number of hydrogen-bond donors (Lipinski definition) is 0. The molecule has 1 nitrogen and oxygen atoms in total. The number of ether oxygens (including phenoxy) is 1. The lowest BCUT2D eigenvalue weighted by atomic mass is 9.65. The van der Waals surface area contributed by atoms with Crippen LogP contribution in [0.3, 0.4) is 0 Å². The molecular weight excluding hydrogens is 316 g/mol. The highest BCUT2D eigenvalue weighted by molar-refractivity contribution is 4.86. The first-order valence-electron chi connectivity index (χ1n) is 12.4. The average molecular weight is 363 g/mol. The van der Waals surface area contributed by atoms with Crippen molar-refractivity contribution in [2.75, 3.05) is 6.61 Å². The van der Waals surface area contributed by atoms with E-state index < -0.39 is 0 Å². The monoisotopic (exact) mass is 362 g/mol. The van der Waals surface area contributed by atoms with Crippen LogP contribution in [0.4, 0.5) is 0 Å². The summed E-state index contributed by atoms with van der Waals surface area (Å²) >= 11 is 0. The van der Waals surface area contributed by atoms with Gasteiger partial charge in [-0.2, -0.15) is 0 Å². The highest BCUT2D eigenvalue weighted by atomic mass is 16.5. The first-order chi connectivity index (χ1) is 12.8. The number of unbranched alkanes of at least 4 members (excludes halogenated alkanes) is 2. The molecule has 0 amide bonds. The first kappa shape index (κ1) is 20.7. The topological polar surface area (TPSA) is 9.23 Å². The summed E-state index contributed by atoms with van der Waals surface area (Å²) in [5.74, 6) is 5.34. The minimum absolute atomic E-state index is 0.583. The normalized spacial score (nSPS) is 39.0. The largest absolute Gasteiger partial charge is 0.379 e. The predicted octanol–water partition coefficient (Wildman–Crippen LogP) is 7.77. The summed E-state index contributed by atoms with van der Waals surface area (Å²) in [6, 6.07) is 0. The first-order valence-corrected chi connectivity index (χ1v) is 12.4. The SMILES string of the molecule is CCCCC[C@H]1CC[C@H]([C@H]2CC[C@H]([C@H]3CC[C@H](OCC)CC3)CC2)CC1. The van der Waals surface area contributed by atoms with Crippen LogP contribution in [0.5, 0.6) is 0 Å². The molecule has 3 aliphatic carbocycles. The molecule has 3 fully saturated rings. The molecule has 0 aromatic rings. The lowest BCUT2D eigenvalue weighted by Gasteiger charge is -2.41. The Morgan fingerprint density at radius 1 is 0.577 bits per heavy atom. The molecule has 0 bridgehead atoms. The Morgan fingerprint density at radius 3 is 1.50 bits per heavy atom. The standard InChI is InChI=1S/C25H46O/c1-3-5-6-7-20-8-10-21(11-9-20)22-12-14-23(15-13-22)24-16-18-25(19-17-24)26-4-2/h20-25H,3-19H2,1-2H3/t20-,21-,22-,23-,24-,25-. The van der Waals surface area contributed by atoms with Gasteiger partial charge in [-0.1, -0.05) is 45.4 Å². The second-order valence-corrected chi connectivity index (χ2v) is 9.94. The van der Waals surface area contributed by atoms with Gasteiger partial charge < -0.3 is 4.74 Å². The maximum Gasteiger partial charge on any atom is 0.0575 e. The maximum atomic E-state index is 5.85. The predicted molar refractivity (Wildman–Crippen MR) is 112 cm³/mol. The summed E-state index contributed by atoms with van der Waals surface area (Å²) in [4.78, 5) is 0. The molecule has 0 spiro atoms. The number of hydrogen-bond acceptors (Lipinski definition) is 1. The Hall–Kier alpha value is -0.0400. The molecule has 26 heavy (non-hydrogen) atoms. The van der Waals surface area contributed by atoms with Crippen LogP contribution in [0.15, 0.2) is 0 Å². The van der Waals surface area contributed by atoms with Crippen molar-refractivity contribution in [3.05, 3.63) is 0 Å². The summed E-state index contributed by atoms with van der Waals surface area (Å²) in [7, 11) is 0. The van der Waals surface area contributed by atoms with E-state index >= 15 is 0 Å². The second kappa shape index (κ2) is 11.1. The van der Waals surface area contributed by atoms with Gasteiger partial charge in [-0.15, -0.1) is 0 Å². The molecule has 3 rings (SSSR count). The smallest absolute Gasteiger partial charge is 0.0575 e. The summed E-state index contributed by atoms with van der Waals surface area (Å²) in [5, 5.41) is 0. The van der Waals surface area contributed by atoms with Crippen LogP contribution in [0.2, 0.25) is 0 Å². The quantitative estimate of drug-likeness (QED) is 0.401. The van der Waals surface area contributed by atoms with Crippen molar-refractivity contribution < 1.29 is 4.74 Å². The van der Waals surface area contributed by atoms with E-state index in [1.807, 2.05) is 0 Å². The van der Waals surface area contributed by atoms with Crippen LogP contribution in [0.25, 0.3) is 0 Å². The molecule has 0 N–H and O–H groups in total. The maximum absolute atomic E-state index is 5.85. The van der Waals surface area contributed by atoms with E-state index in [4.69, 9.17) is 4.74 Å². The van der Waals surface area contributed by atoms with Crippen molar-refractivity contribution in [3.8, 4) is 0 Å². The third kappa shape index (κ3) is 5.98. The molecule has 0 atom stereocenters. The highest BCUT2D eigenvalue weighted by Crippen LogP contribution is 2.45. The zero-order chi connectivity index (χ0) is 18.2. The van der Waals surface area contributed by atoms with E-state index in [2.05, 4.69) is 13.8 Å². The van der Waals surface area contributed by atoms with Gasteiger partial charge in [-0.05, 0) is 101 Å². The van der Waals surface area contributed by atoms with Gasteiger partial charge in [0.1, 0.15) is 0 Å². The van der Waals surface area contributed by atoms with Crippen LogP contribution in [-0.4, -0.2) is 12.7 Å². The van der Waals surface area contributed by atoms with Crippen LogP contribution in [-0.2, 0) is 4.74 Å². The van der Waals surface area contributed by atoms with E-state index in [9.17, 15) is 0 Å². The fraction of sp³-hybridized carbons (Fsp3) is 1.00. The minimum Gasteiger partial charge on any atom is -0.379 e. The van der Waals surface area contributed by atoms with Crippen LogP contribution < -0.4 is 0 Å². The van der Waals surface area contributed by atoms with E-state index in [1.165, 1.54) is 51.4 Å². The summed E-state index contributed by atoms with van der Waals surface area (Å²) in [5.41, 5.74) is 0. The molecule has 3 aliphatic rings. The summed E-state index contributed by atoms with van der Waals surface area (Å²) < 4.78 is 5.85. The molecule has 0 aromatic heterocycles. The van der Waals surface area contributed by atoms with Crippen molar-refractivity contribution in [3.63, 3.8) is 0 Å². The highest BCUT2D eigenvalue weighted by Gasteiger charge is 2.34. The van der Waals surface area contributed by atoms with Crippen molar-refractivity contribution in [2.24, 2.45) is 29.6 Å². The Morgan fingerprint density at radius 2 is 1.04 bits per heavy atom. The van der Waals surface area contributed by atoms with Gasteiger partial charge in [0.05, 0.1) is 6.10 Å². The van der Waals surface area contributed by atoms with Gasteiger partial charge in [0, 0.05) is 6.61 Å². The van der Waals surface area contributed by atoms with E-state index in [0.717, 1.165) is 36.2 Å². The molecule has 1 heteroatoms. The van der Waals surface area contributed by atoms with Gasteiger partial charge in [-0.3, -0.25) is 0 Å². The fourth-order valence-electron chi connectivity index (χ4n) is 6.68. The zero-order valence-corrected chi connectivity index (χ0v) is 17.9. The fourth-order valence-corrected chi connectivity index (χ4v) is 6.68. The second-order valence-electron chi connectivity index (χ2n) is 9.94. The average Bonchev–Trinajstić information content (AvgIpc) is 2.70. The van der Waals surface area contributed by atoms with Crippen molar-refractivity contribution in [1.82, 2.24) is 0 Å². The summed E-state index contributed by atoms with van der Waals surface area (Å²) in [6.07, 6.45) is 24.4. The minimum atomic E-state index is 0.583. The van der Waals surface area contributed by atoms with Crippen molar-refractivity contribution in [1.29, 1.82) is 0 Å². The molecule has 0 saturated heterocycles. The molecule has 0 aromatic carbocycles. The van der Waals surface area contributed by atoms with Gasteiger partial charge >= 0.3 is 0 Å². The van der Waals surface area contributed by atoms with E-state index in [0.29, 0.717) is 6.10 Å². The molecule has 3 saturated carbocycles. The lowest BCUT2D eigenvalue weighted by Crippen LogP contribution is -2.31. The van der Waals surface area contributed by atoms with Crippen LogP contribution in [0, 0.1) is 29.6 Å². The van der Waals surface area contributed by atoms with Gasteiger partial charge in [0.25, 0.3) is 0 Å². The van der Waals surface area contributed by atoms with Crippen molar-refractivity contribution >= 4 is 0 Å². The molecule has 0 radical (unpaired) electrons. The lowest BCUT2D eigenvalue weighted by molar-refractivity contribution is 0.0116. The molecule has 0 aliphatic heterocycles. The van der Waals surface area contributed by atoms with Gasteiger partial charge in [0.2, 0.25) is 0 Å². The Labute approximate surface area is 164 Å². The molecule has 0 heterocycles. The number of rotatable bonds is 8. The van der Waals surface area contributed by atoms with E-state index in [1.54, 1.807) is 51.4 Å². The Kier molecular flexibility index (Phi) is 8.82. The van der Waals surface area contributed by atoms with Crippen molar-refractivity contribution in [2.45, 2.75) is 123 Å². The molecular formula is C25H46O. The van der Waals surface area contributed by atoms with Gasteiger partial charge in [-0.25, -0.2) is 0 Å². The molecule has 152 valence electrons. The third-order valence-electron chi connectivity index (χ3n) is 8.38. The zero-order valence-electron chi connectivity index (χ0n) is 17.9. The van der Waals surface area contributed by atoms with E-state index in [-0.39, 0.29) is 0 Å². The third-order valence-corrected chi connectivity index (χ3v) is 8.38. The molecule has 0 unspecified atom stereocenters.